The summed E-state index contributed by atoms with van der Waals surface area (Å²) in [5, 5.41) is 3.23. The van der Waals surface area contributed by atoms with E-state index in [0.717, 1.165) is 13.1 Å². The molecule has 17 heavy (non-hydrogen) atoms. The second kappa shape index (κ2) is 5.87. The van der Waals surface area contributed by atoms with E-state index in [2.05, 4.69) is 51.3 Å². The van der Waals surface area contributed by atoms with Gasteiger partial charge in [0.2, 0.25) is 0 Å². The van der Waals surface area contributed by atoms with Crippen molar-refractivity contribution >= 4 is 21.6 Å². The van der Waals surface area contributed by atoms with Crippen LogP contribution in [-0.4, -0.2) is 26.2 Å². The fourth-order valence-corrected chi connectivity index (χ4v) is 3.17. The van der Waals surface area contributed by atoms with E-state index in [1.54, 1.807) is 0 Å². The molecule has 1 aliphatic rings. The molecule has 0 bridgehead atoms. The number of anilines is 1. The van der Waals surface area contributed by atoms with Crippen molar-refractivity contribution in [2.24, 2.45) is 0 Å². The van der Waals surface area contributed by atoms with Gasteiger partial charge in [-0.1, -0.05) is 15.9 Å². The highest BCUT2D eigenvalue weighted by Gasteiger charge is 2.27. The van der Waals surface area contributed by atoms with Gasteiger partial charge in [0.15, 0.2) is 0 Å². The molecular weight excluding hydrogens is 276 g/mol. The molecule has 1 N–H and O–H groups in total. The van der Waals surface area contributed by atoms with Crippen molar-refractivity contribution in [3.63, 3.8) is 0 Å². The van der Waals surface area contributed by atoms with Crippen molar-refractivity contribution in [1.29, 1.82) is 0 Å². The SMILES string of the molecule is CCN1c2ccc(Br)cc2CC1CCCNC. The molecule has 2 nitrogen and oxygen atoms in total. The van der Waals surface area contributed by atoms with Crippen LogP contribution in [-0.2, 0) is 6.42 Å². The smallest absolute Gasteiger partial charge is 0.0402 e. The summed E-state index contributed by atoms with van der Waals surface area (Å²) in [5.41, 5.74) is 2.93. The van der Waals surface area contributed by atoms with Gasteiger partial charge in [0, 0.05) is 22.7 Å². The Morgan fingerprint density at radius 2 is 2.29 bits per heavy atom. The van der Waals surface area contributed by atoms with E-state index in [0.29, 0.717) is 6.04 Å². The molecule has 0 saturated heterocycles. The highest BCUT2D eigenvalue weighted by Crippen LogP contribution is 2.35. The number of benzene rings is 1. The average Bonchev–Trinajstić information content (AvgIpc) is 2.66. The maximum Gasteiger partial charge on any atom is 0.0402 e. The van der Waals surface area contributed by atoms with Gasteiger partial charge in [-0.2, -0.15) is 0 Å². The van der Waals surface area contributed by atoms with Gasteiger partial charge >= 0.3 is 0 Å². The highest BCUT2D eigenvalue weighted by molar-refractivity contribution is 9.10. The van der Waals surface area contributed by atoms with Crippen molar-refractivity contribution < 1.29 is 0 Å². The van der Waals surface area contributed by atoms with Crippen molar-refractivity contribution in [1.82, 2.24) is 5.32 Å². The van der Waals surface area contributed by atoms with Crippen LogP contribution >= 0.6 is 15.9 Å². The lowest BCUT2D eigenvalue weighted by Gasteiger charge is -2.26. The number of nitrogens with zero attached hydrogens (tertiary/aromatic N) is 1. The van der Waals surface area contributed by atoms with Crippen LogP contribution in [0.4, 0.5) is 5.69 Å². The predicted octanol–water partition coefficient (Wildman–Crippen LogP) is 3.20. The molecule has 0 spiro atoms. The summed E-state index contributed by atoms with van der Waals surface area (Å²) in [6, 6.07) is 7.37. The van der Waals surface area contributed by atoms with E-state index >= 15 is 0 Å². The van der Waals surface area contributed by atoms with Crippen LogP contribution < -0.4 is 10.2 Å². The van der Waals surface area contributed by atoms with E-state index in [1.807, 2.05) is 7.05 Å². The predicted molar refractivity (Wildman–Crippen MR) is 77.8 cm³/mol. The molecule has 1 aliphatic heterocycles. The highest BCUT2D eigenvalue weighted by atomic mass is 79.9. The van der Waals surface area contributed by atoms with Gasteiger partial charge in [0.05, 0.1) is 0 Å². The Hall–Kier alpha value is -0.540. The monoisotopic (exact) mass is 296 g/mol. The average molecular weight is 297 g/mol. The summed E-state index contributed by atoms with van der Waals surface area (Å²) >= 11 is 3.56. The fourth-order valence-electron chi connectivity index (χ4n) is 2.76. The third-order valence-electron chi connectivity index (χ3n) is 3.55. The van der Waals surface area contributed by atoms with Crippen LogP contribution in [0.1, 0.15) is 25.3 Å². The van der Waals surface area contributed by atoms with Crippen molar-refractivity contribution in [2.45, 2.75) is 32.2 Å². The van der Waals surface area contributed by atoms with E-state index < -0.39 is 0 Å². The van der Waals surface area contributed by atoms with E-state index in [1.165, 1.54) is 35.0 Å². The first-order chi connectivity index (χ1) is 8.26. The second-order valence-corrected chi connectivity index (χ2v) is 5.58. The molecule has 1 heterocycles. The molecule has 3 heteroatoms. The third-order valence-corrected chi connectivity index (χ3v) is 4.05. The van der Waals surface area contributed by atoms with E-state index in [-0.39, 0.29) is 0 Å². The summed E-state index contributed by atoms with van der Waals surface area (Å²) in [5.74, 6) is 0. The Balaban J connectivity index is 2.08. The van der Waals surface area contributed by atoms with Gasteiger partial charge in [-0.3, -0.25) is 0 Å². The number of rotatable bonds is 5. The largest absolute Gasteiger partial charge is 0.368 e. The number of fused-ring (bicyclic) bond motifs is 1. The van der Waals surface area contributed by atoms with Crippen LogP contribution in [0.5, 0.6) is 0 Å². The number of hydrogen-bond acceptors (Lipinski definition) is 2. The van der Waals surface area contributed by atoms with Gasteiger partial charge in [-0.15, -0.1) is 0 Å². The summed E-state index contributed by atoms with van der Waals surface area (Å²) in [6.45, 7) is 4.48. The molecule has 1 aromatic rings. The van der Waals surface area contributed by atoms with Crippen molar-refractivity contribution in [3.05, 3.63) is 28.2 Å². The van der Waals surface area contributed by atoms with Crippen LogP contribution in [0.2, 0.25) is 0 Å². The van der Waals surface area contributed by atoms with Gasteiger partial charge in [0.1, 0.15) is 0 Å². The van der Waals surface area contributed by atoms with E-state index in [9.17, 15) is 0 Å². The van der Waals surface area contributed by atoms with Gasteiger partial charge in [-0.25, -0.2) is 0 Å². The summed E-state index contributed by atoms with van der Waals surface area (Å²) < 4.78 is 1.20. The van der Waals surface area contributed by atoms with Crippen molar-refractivity contribution in [3.8, 4) is 0 Å². The molecule has 0 saturated carbocycles. The zero-order chi connectivity index (χ0) is 12.3. The summed E-state index contributed by atoms with van der Waals surface area (Å²) in [4.78, 5) is 2.55. The third kappa shape index (κ3) is 2.83. The number of nitrogens with one attached hydrogen (secondary N) is 1. The Kier molecular flexibility index (Phi) is 4.46. The lowest BCUT2D eigenvalue weighted by molar-refractivity contribution is 0.549. The quantitative estimate of drug-likeness (QED) is 0.840. The van der Waals surface area contributed by atoms with Gasteiger partial charge < -0.3 is 10.2 Å². The molecule has 0 radical (unpaired) electrons. The van der Waals surface area contributed by atoms with Crippen molar-refractivity contribution in [2.75, 3.05) is 25.0 Å². The molecule has 1 unspecified atom stereocenters. The standard InChI is InChI=1S/C14H21BrN2/c1-3-17-13(5-4-8-16-2)10-11-9-12(15)6-7-14(11)17/h6-7,9,13,16H,3-5,8,10H2,1-2H3. The van der Waals surface area contributed by atoms with Gasteiger partial charge in [0.25, 0.3) is 0 Å². The minimum absolute atomic E-state index is 0.692. The fraction of sp³-hybridized carbons (Fsp3) is 0.571. The van der Waals surface area contributed by atoms with Gasteiger partial charge in [-0.05, 0) is 63.5 Å². The normalized spacial score (nSPS) is 18.5. The Labute approximate surface area is 113 Å². The Morgan fingerprint density at radius 3 is 3.00 bits per heavy atom. The second-order valence-electron chi connectivity index (χ2n) is 4.66. The molecule has 1 atom stereocenters. The molecular formula is C14H21BrN2. The van der Waals surface area contributed by atoms with Crippen LogP contribution in [0, 0.1) is 0 Å². The summed E-state index contributed by atoms with van der Waals surface area (Å²) in [7, 11) is 2.03. The first kappa shape index (κ1) is 12.9. The topological polar surface area (TPSA) is 15.3 Å². The molecule has 2 rings (SSSR count). The first-order valence-corrected chi connectivity index (χ1v) is 7.25. The van der Waals surface area contributed by atoms with Crippen LogP contribution in [0.15, 0.2) is 22.7 Å². The molecule has 94 valence electrons. The zero-order valence-corrected chi connectivity index (χ0v) is 12.3. The molecule has 0 fully saturated rings. The number of likely N-dealkylation sites (N-methyl/N-ethyl adjacent to an activating group) is 1. The lowest BCUT2D eigenvalue weighted by Crippen LogP contribution is -2.32. The zero-order valence-electron chi connectivity index (χ0n) is 10.7. The number of hydrogen-bond donors (Lipinski definition) is 1. The maximum absolute atomic E-state index is 3.56. The Morgan fingerprint density at radius 1 is 1.47 bits per heavy atom. The Bertz CT molecular complexity index is 378. The number of halogens is 1. The minimum atomic E-state index is 0.692. The summed E-state index contributed by atoms with van der Waals surface area (Å²) in [6.07, 6.45) is 3.74. The molecule has 0 aromatic heterocycles. The van der Waals surface area contributed by atoms with E-state index in [4.69, 9.17) is 0 Å². The molecule has 1 aromatic carbocycles. The van der Waals surface area contributed by atoms with Crippen LogP contribution in [0.25, 0.3) is 0 Å². The maximum atomic E-state index is 3.56. The van der Waals surface area contributed by atoms with Crippen LogP contribution in [0.3, 0.4) is 0 Å². The molecule has 0 amide bonds. The minimum Gasteiger partial charge on any atom is -0.368 e. The lowest BCUT2D eigenvalue weighted by atomic mass is 10.1. The first-order valence-electron chi connectivity index (χ1n) is 6.46. The molecule has 0 aliphatic carbocycles.